The predicted molar refractivity (Wildman–Crippen MR) is 84.2 cm³/mol. The van der Waals surface area contributed by atoms with E-state index in [1.165, 1.54) is 6.07 Å². The predicted octanol–water partition coefficient (Wildman–Crippen LogP) is 1.94. The van der Waals surface area contributed by atoms with Gasteiger partial charge in [0.25, 0.3) is 0 Å². The van der Waals surface area contributed by atoms with Gasteiger partial charge in [-0.3, -0.25) is 0 Å². The molecule has 0 bridgehead atoms. The van der Waals surface area contributed by atoms with Crippen LogP contribution in [0.5, 0.6) is 0 Å². The fourth-order valence-corrected chi connectivity index (χ4v) is 3.60. The molecule has 1 unspecified atom stereocenters. The highest BCUT2D eigenvalue weighted by atomic mass is 32.2. The number of aryl methyl sites for hydroxylation is 1. The van der Waals surface area contributed by atoms with Gasteiger partial charge in [0.15, 0.2) is 0 Å². The molecule has 2 N–H and O–H groups in total. The van der Waals surface area contributed by atoms with Crippen molar-refractivity contribution in [2.75, 3.05) is 6.61 Å². The van der Waals surface area contributed by atoms with Crippen molar-refractivity contribution < 1.29 is 13.3 Å². The number of hydrogen-bond acceptors (Lipinski definition) is 4. The molecule has 0 radical (unpaired) electrons. The first kappa shape index (κ1) is 14.7. The monoisotopic (exact) mass is 316 g/mol. The van der Waals surface area contributed by atoms with E-state index in [1.807, 2.05) is 31.2 Å². The van der Waals surface area contributed by atoms with E-state index < -0.39 is 15.4 Å². The summed E-state index contributed by atoms with van der Waals surface area (Å²) in [6.45, 7) is 2.22. The Morgan fingerprint density at radius 1 is 1.18 bits per heavy atom. The number of rotatable bonds is 3. The molecule has 5 nitrogen and oxygen atoms in total. The van der Waals surface area contributed by atoms with Crippen LogP contribution in [-0.4, -0.2) is 21.2 Å². The van der Waals surface area contributed by atoms with Crippen LogP contribution < -0.4 is 5.14 Å². The zero-order valence-electron chi connectivity index (χ0n) is 12.1. The van der Waals surface area contributed by atoms with Crippen LogP contribution in [0.15, 0.2) is 58.6 Å². The molecule has 1 atom stereocenters. The molecule has 1 aliphatic heterocycles. The van der Waals surface area contributed by atoms with Crippen LogP contribution in [0.2, 0.25) is 0 Å². The summed E-state index contributed by atoms with van der Waals surface area (Å²) in [7, 11) is -3.84. The molecule has 1 aliphatic rings. The molecule has 0 spiro atoms. The first-order chi connectivity index (χ1) is 10.4. The van der Waals surface area contributed by atoms with Gasteiger partial charge in [0.05, 0.1) is 16.5 Å². The second-order valence-electron chi connectivity index (χ2n) is 5.39. The zero-order chi connectivity index (χ0) is 15.8. The number of primary sulfonamides is 1. The van der Waals surface area contributed by atoms with Crippen LogP contribution in [-0.2, 0) is 20.3 Å². The number of nitrogens with two attached hydrogens (primary N) is 1. The molecule has 3 rings (SSSR count). The van der Waals surface area contributed by atoms with Crippen molar-refractivity contribution in [2.24, 2.45) is 10.3 Å². The molecule has 2 aromatic rings. The Morgan fingerprint density at radius 3 is 2.59 bits per heavy atom. The zero-order valence-corrected chi connectivity index (χ0v) is 12.9. The van der Waals surface area contributed by atoms with Crippen molar-refractivity contribution in [1.29, 1.82) is 0 Å². The highest BCUT2D eigenvalue weighted by Gasteiger charge is 2.40. The summed E-state index contributed by atoms with van der Waals surface area (Å²) in [5.41, 5.74) is 1.81. The highest BCUT2D eigenvalue weighted by molar-refractivity contribution is 7.89. The van der Waals surface area contributed by atoms with E-state index in [0.717, 1.165) is 11.1 Å². The average molecular weight is 316 g/mol. The molecule has 1 heterocycles. The van der Waals surface area contributed by atoms with Crippen LogP contribution in [0, 0.1) is 6.92 Å². The van der Waals surface area contributed by atoms with Crippen molar-refractivity contribution >= 4 is 16.2 Å². The fraction of sp³-hybridized carbons (Fsp3) is 0.188. The van der Waals surface area contributed by atoms with Crippen molar-refractivity contribution in [3.63, 3.8) is 0 Å². The van der Waals surface area contributed by atoms with Crippen molar-refractivity contribution in [3.8, 4) is 0 Å². The summed E-state index contributed by atoms with van der Waals surface area (Å²) in [5.74, 6) is 0. The van der Waals surface area contributed by atoms with E-state index >= 15 is 0 Å². The third kappa shape index (κ3) is 2.40. The average Bonchev–Trinajstić information content (AvgIpc) is 2.97. The Morgan fingerprint density at radius 2 is 1.95 bits per heavy atom. The lowest BCUT2D eigenvalue weighted by Gasteiger charge is -2.27. The summed E-state index contributed by atoms with van der Waals surface area (Å²) < 4.78 is 23.9. The molecule has 0 aliphatic carbocycles. The van der Waals surface area contributed by atoms with Crippen LogP contribution in [0.1, 0.15) is 16.7 Å². The van der Waals surface area contributed by atoms with Gasteiger partial charge < -0.3 is 4.84 Å². The summed E-state index contributed by atoms with van der Waals surface area (Å²) >= 11 is 0. The SMILES string of the molecule is Cc1cccc(C2(c3ccccc3S(N)(=O)=O)C=NOC2)c1. The quantitative estimate of drug-likeness (QED) is 0.939. The lowest BCUT2D eigenvalue weighted by atomic mass is 9.76. The van der Waals surface area contributed by atoms with Crippen LogP contribution in [0.25, 0.3) is 0 Å². The molecule has 114 valence electrons. The van der Waals surface area contributed by atoms with Gasteiger partial charge in [-0.1, -0.05) is 53.2 Å². The summed E-state index contributed by atoms with van der Waals surface area (Å²) in [6.07, 6.45) is 1.64. The van der Waals surface area contributed by atoms with Crippen LogP contribution in [0.4, 0.5) is 0 Å². The molecule has 6 heteroatoms. The summed E-state index contributed by atoms with van der Waals surface area (Å²) in [5, 5.41) is 9.26. The number of oxime groups is 1. The van der Waals surface area contributed by atoms with Crippen LogP contribution >= 0.6 is 0 Å². The van der Waals surface area contributed by atoms with Gasteiger partial charge in [0.2, 0.25) is 10.0 Å². The van der Waals surface area contributed by atoms with E-state index in [2.05, 4.69) is 5.16 Å². The minimum Gasteiger partial charge on any atom is -0.394 e. The highest BCUT2D eigenvalue weighted by Crippen LogP contribution is 2.37. The second-order valence-corrected chi connectivity index (χ2v) is 6.92. The fourth-order valence-electron chi connectivity index (χ4n) is 2.77. The second kappa shape index (κ2) is 5.23. The van der Waals surface area contributed by atoms with Gasteiger partial charge in [-0.25, -0.2) is 13.6 Å². The third-order valence-corrected chi connectivity index (χ3v) is 4.82. The molecular formula is C16H16N2O3S. The molecule has 0 saturated carbocycles. The van der Waals surface area contributed by atoms with E-state index in [0.29, 0.717) is 5.56 Å². The van der Waals surface area contributed by atoms with Gasteiger partial charge >= 0.3 is 0 Å². The molecule has 22 heavy (non-hydrogen) atoms. The standard InChI is InChI=1S/C16H16N2O3S/c1-12-5-4-6-13(9-12)16(10-18-21-11-16)14-7-2-3-8-15(14)22(17,19)20/h2-10H,11H2,1H3,(H2,17,19,20). The molecule has 0 amide bonds. The lowest BCUT2D eigenvalue weighted by molar-refractivity contribution is 0.152. The molecular weight excluding hydrogens is 300 g/mol. The Balaban J connectivity index is 2.29. The van der Waals surface area contributed by atoms with E-state index in [9.17, 15) is 8.42 Å². The van der Waals surface area contributed by atoms with Crippen molar-refractivity contribution in [3.05, 3.63) is 65.2 Å². The molecule has 0 saturated heterocycles. The van der Waals surface area contributed by atoms with Crippen LogP contribution in [0.3, 0.4) is 0 Å². The minimum absolute atomic E-state index is 0.0912. The topological polar surface area (TPSA) is 81.8 Å². The number of sulfonamides is 1. The maximum atomic E-state index is 11.9. The minimum atomic E-state index is -3.84. The normalized spacial score (nSPS) is 20.8. The third-order valence-electron chi connectivity index (χ3n) is 3.85. The molecule has 0 aromatic heterocycles. The Labute approximate surface area is 129 Å². The molecule has 2 aromatic carbocycles. The molecule has 0 fully saturated rings. The number of hydrogen-bond donors (Lipinski definition) is 1. The smallest absolute Gasteiger partial charge is 0.238 e. The number of nitrogens with zero attached hydrogens (tertiary/aromatic N) is 1. The van der Waals surface area contributed by atoms with E-state index in [1.54, 1.807) is 24.4 Å². The van der Waals surface area contributed by atoms with E-state index in [4.69, 9.17) is 9.98 Å². The summed E-state index contributed by atoms with van der Waals surface area (Å²) in [6, 6.07) is 14.5. The van der Waals surface area contributed by atoms with Crippen molar-refractivity contribution in [2.45, 2.75) is 17.2 Å². The maximum Gasteiger partial charge on any atom is 0.238 e. The largest absolute Gasteiger partial charge is 0.394 e. The lowest BCUT2D eigenvalue weighted by Crippen LogP contribution is -2.33. The Kier molecular flexibility index (Phi) is 3.50. The Hall–Kier alpha value is -2.18. The van der Waals surface area contributed by atoms with E-state index in [-0.39, 0.29) is 11.5 Å². The Bertz CT molecular complexity index is 846. The van der Waals surface area contributed by atoms with Gasteiger partial charge in [-0.05, 0) is 24.1 Å². The maximum absolute atomic E-state index is 11.9. The first-order valence-corrected chi connectivity index (χ1v) is 8.34. The van der Waals surface area contributed by atoms with Crippen molar-refractivity contribution in [1.82, 2.24) is 0 Å². The van der Waals surface area contributed by atoms with Gasteiger partial charge in [0.1, 0.15) is 6.61 Å². The number of benzene rings is 2. The van der Waals surface area contributed by atoms with Gasteiger partial charge in [-0.2, -0.15) is 0 Å². The summed E-state index contributed by atoms with van der Waals surface area (Å²) in [4.78, 5) is 5.30. The van der Waals surface area contributed by atoms with Gasteiger partial charge in [-0.15, -0.1) is 0 Å². The van der Waals surface area contributed by atoms with Gasteiger partial charge in [0, 0.05) is 0 Å². The first-order valence-electron chi connectivity index (χ1n) is 6.79.